The van der Waals surface area contributed by atoms with Gasteiger partial charge in [-0.3, -0.25) is 4.79 Å². The molecule has 3 unspecified atom stereocenters. The molecule has 4 heteroatoms. The summed E-state index contributed by atoms with van der Waals surface area (Å²) in [6.07, 6.45) is 7.60. The highest BCUT2D eigenvalue weighted by molar-refractivity contribution is 5.75. The van der Waals surface area contributed by atoms with Crippen molar-refractivity contribution in [3.8, 4) is 0 Å². The highest BCUT2D eigenvalue weighted by Gasteiger charge is 2.52. The molecule has 0 radical (unpaired) electrons. The van der Waals surface area contributed by atoms with Crippen molar-refractivity contribution in [2.24, 2.45) is 17.3 Å². The van der Waals surface area contributed by atoms with E-state index in [-0.39, 0.29) is 11.5 Å². The van der Waals surface area contributed by atoms with Crippen molar-refractivity contribution < 1.29 is 19.4 Å². The number of hydrogen-bond acceptors (Lipinski definition) is 3. The molecule has 3 aliphatic rings. The third-order valence-electron chi connectivity index (χ3n) is 6.14. The number of aliphatic carboxylic acids is 1. The molecule has 0 amide bonds. The number of carboxylic acids is 1. The molecule has 2 aliphatic heterocycles. The van der Waals surface area contributed by atoms with Crippen molar-refractivity contribution in [3.63, 3.8) is 0 Å². The maximum atomic E-state index is 12.1. The fourth-order valence-electron chi connectivity index (χ4n) is 4.92. The molecule has 21 heavy (non-hydrogen) atoms. The molecule has 2 heterocycles. The Morgan fingerprint density at radius 1 is 1.10 bits per heavy atom. The maximum absolute atomic E-state index is 12.1. The molecular weight excluding hydrogens is 268 g/mol. The van der Waals surface area contributed by atoms with Gasteiger partial charge in [-0.25, -0.2) is 0 Å². The van der Waals surface area contributed by atoms with E-state index in [0.29, 0.717) is 12.5 Å². The normalized spacial score (nSPS) is 40.0. The van der Waals surface area contributed by atoms with Crippen LogP contribution in [0, 0.1) is 17.3 Å². The highest BCUT2D eigenvalue weighted by atomic mass is 16.5. The maximum Gasteiger partial charge on any atom is 0.309 e. The number of rotatable bonds is 2. The van der Waals surface area contributed by atoms with Gasteiger partial charge in [0, 0.05) is 19.8 Å². The van der Waals surface area contributed by atoms with Gasteiger partial charge in [-0.2, -0.15) is 0 Å². The number of carbonyl (C=O) groups is 1. The van der Waals surface area contributed by atoms with Crippen LogP contribution in [-0.2, 0) is 14.3 Å². The first-order chi connectivity index (χ1) is 10.1. The first kappa shape index (κ1) is 15.3. The van der Waals surface area contributed by atoms with Gasteiger partial charge in [-0.15, -0.1) is 0 Å². The third kappa shape index (κ3) is 2.85. The van der Waals surface area contributed by atoms with E-state index in [0.717, 1.165) is 58.2 Å². The highest BCUT2D eigenvalue weighted by Crippen LogP contribution is 2.52. The molecule has 1 N–H and O–H groups in total. The van der Waals surface area contributed by atoms with Crippen LogP contribution in [0.3, 0.4) is 0 Å². The van der Waals surface area contributed by atoms with Crippen molar-refractivity contribution >= 4 is 5.97 Å². The summed E-state index contributed by atoms with van der Waals surface area (Å²) < 4.78 is 11.6. The van der Waals surface area contributed by atoms with Crippen LogP contribution in [0.15, 0.2) is 0 Å². The van der Waals surface area contributed by atoms with Crippen molar-refractivity contribution in [2.75, 3.05) is 19.8 Å². The summed E-state index contributed by atoms with van der Waals surface area (Å²) in [4.78, 5) is 12.1. The van der Waals surface area contributed by atoms with Gasteiger partial charge in [0.1, 0.15) is 0 Å². The lowest BCUT2D eigenvalue weighted by Gasteiger charge is -2.50. The monoisotopic (exact) mass is 296 g/mol. The second kappa shape index (κ2) is 5.88. The molecular formula is C17H28O4. The van der Waals surface area contributed by atoms with Gasteiger partial charge < -0.3 is 14.6 Å². The van der Waals surface area contributed by atoms with E-state index in [9.17, 15) is 9.90 Å². The first-order valence-electron chi connectivity index (χ1n) is 8.51. The number of hydrogen-bond donors (Lipinski definition) is 1. The Hall–Kier alpha value is -0.610. The van der Waals surface area contributed by atoms with E-state index in [2.05, 4.69) is 6.92 Å². The topological polar surface area (TPSA) is 55.8 Å². The van der Waals surface area contributed by atoms with Crippen LogP contribution in [0.2, 0.25) is 0 Å². The van der Waals surface area contributed by atoms with Gasteiger partial charge in [0.15, 0.2) is 0 Å². The Bertz CT molecular complexity index is 383. The average molecular weight is 296 g/mol. The summed E-state index contributed by atoms with van der Waals surface area (Å²) in [6.45, 7) is 4.43. The van der Waals surface area contributed by atoms with Gasteiger partial charge >= 0.3 is 5.97 Å². The smallest absolute Gasteiger partial charge is 0.309 e. The summed E-state index contributed by atoms with van der Waals surface area (Å²) in [5.41, 5.74) is -0.614. The van der Waals surface area contributed by atoms with Crippen molar-refractivity contribution in [3.05, 3.63) is 0 Å². The third-order valence-corrected chi connectivity index (χ3v) is 6.14. The molecule has 120 valence electrons. The zero-order chi connectivity index (χ0) is 14.9. The number of ether oxygens (including phenoxy) is 2. The average Bonchev–Trinajstić information content (AvgIpc) is 2.48. The minimum absolute atomic E-state index is 0.107. The van der Waals surface area contributed by atoms with E-state index >= 15 is 0 Å². The van der Waals surface area contributed by atoms with Crippen LogP contribution < -0.4 is 0 Å². The number of carboxylic acid groups (broad SMARTS) is 1. The van der Waals surface area contributed by atoms with Gasteiger partial charge in [0.05, 0.1) is 11.0 Å². The van der Waals surface area contributed by atoms with Crippen molar-refractivity contribution in [1.29, 1.82) is 0 Å². The zero-order valence-corrected chi connectivity index (χ0v) is 13.1. The predicted octanol–water partition coefficient (Wildman–Crippen LogP) is 3.24. The minimum Gasteiger partial charge on any atom is -0.481 e. The lowest BCUT2D eigenvalue weighted by Crippen LogP contribution is -2.51. The summed E-state index contributed by atoms with van der Waals surface area (Å²) in [6, 6.07) is 0. The standard InChI is InChI=1S/C17H28O4/c1-13-3-2-5-17(11-13,15(18)19)14-4-8-21-16(12-14)6-9-20-10-7-16/h13-14H,2-12H2,1H3,(H,18,19). The molecule has 3 rings (SSSR count). The molecule has 0 aromatic carbocycles. The lowest BCUT2D eigenvalue weighted by atomic mass is 9.59. The van der Waals surface area contributed by atoms with Gasteiger partial charge in [0.25, 0.3) is 0 Å². The Morgan fingerprint density at radius 3 is 2.52 bits per heavy atom. The van der Waals surface area contributed by atoms with E-state index < -0.39 is 11.4 Å². The van der Waals surface area contributed by atoms with Crippen molar-refractivity contribution in [1.82, 2.24) is 0 Å². The molecule has 0 aromatic rings. The zero-order valence-electron chi connectivity index (χ0n) is 13.1. The Balaban J connectivity index is 1.80. The van der Waals surface area contributed by atoms with Crippen LogP contribution in [0.1, 0.15) is 58.3 Å². The van der Waals surface area contributed by atoms with Crippen LogP contribution in [0.4, 0.5) is 0 Å². The summed E-state index contributed by atoms with van der Waals surface area (Å²) in [5, 5.41) is 9.98. The van der Waals surface area contributed by atoms with Gasteiger partial charge in [0.2, 0.25) is 0 Å². The van der Waals surface area contributed by atoms with E-state index in [1.165, 1.54) is 6.42 Å². The molecule has 1 spiro atoms. The Kier molecular flexibility index (Phi) is 4.28. The summed E-state index contributed by atoms with van der Waals surface area (Å²) in [5.74, 6) is 0.232. The fraction of sp³-hybridized carbons (Fsp3) is 0.941. The van der Waals surface area contributed by atoms with E-state index in [1.807, 2.05) is 0 Å². The first-order valence-corrected chi connectivity index (χ1v) is 8.51. The molecule has 1 aliphatic carbocycles. The fourth-order valence-corrected chi connectivity index (χ4v) is 4.92. The molecule has 3 atom stereocenters. The van der Waals surface area contributed by atoms with Gasteiger partial charge in [-0.1, -0.05) is 19.8 Å². The summed E-state index contributed by atoms with van der Waals surface area (Å²) >= 11 is 0. The molecule has 0 bridgehead atoms. The van der Waals surface area contributed by atoms with Gasteiger partial charge in [-0.05, 0) is 50.4 Å². The Morgan fingerprint density at radius 2 is 1.86 bits per heavy atom. The minimum atomic E-state index is -0.567. The molecule has 4 nitrogen and oxygen atoms in total. The van der Waals surface area contributed by atoms with Crippen LogP contribution in [0.5, 0.6) is 0 Å². The van der Waals surface area contributed by atoms with Crippen LogP contribution in [-0.4, -0.2) is 36.5 Å². The quantitative estimate of drug-likeness (QED) is 0.850. The lowest BCUT2D eigenvalue weighted by molar-refractivity contribution is -0.181. The van der Waals surface area contributed by atoms with Crippen LogP contribution >= 0.6 is 0 Å². The Labute approximate surface area is 127 Å². The van der Waals surface area contributed by atoms with E-state index in [1.54, 1.807) is 0 Å². The summed E-state index contributed by atoms with van der Waals surface area (Å²) in [7, 11) is 0. The molecule has 3 fully saturated rings. The molecule has 2 saturated heterocycles. The molecule has 1 saturated carbocycles. The van der Waals surface area contributed by atoms with Crippen molar-refractivity contribution in [2.45, 2.75) is 63.9 Å². The molecule has 0 aromatic heterocycles. The second-order valence-electron chi connectivity index (χ2n) is 7.50. The SMILES string of the molecule is CC1CCCC(C(=O)O)(C2CCOC3(CCOCC3)C2)C1. The predicted molar refractivity (Wildman–Crippen MR) is 79.2 cm³/mol. The van der Waals surface area contributed by atoms with Crippen LogP contribution in [0.25, 0.3) is 0 Å². The van der Waals surface area contributed by atoms with E-state index in [4.69, 9.17) is 9.47 Å². The largest absolute Gasteiger partial charge is 0.481 e. The second-order valence-corrected chi connectivity index (χ2v) is 7.50.